The van der Waals surface area contributed by atoms with Gasteiger partial charge in [-0.1, -0.05) is 31.2 Å². The molecule has 2 rings (SSSR count). The van der Waals surface area contributed by atoms with Crippen molar-refractivity contribution in [1.29, 1.82) is 0 Å². The monoisotopic (exact) mass is 217 g/mol. The van der Waals surface area contributed by atoms with Gasteiger partial charge in [0.15, 0.2) is 0 Å². The van der Waals surface area contributed by atoms with Crippen LogP contribution in [0.15, 0.2) is 36.0 Å². The summed E-state index contributed by atoms with van der Waals surface area (Å²) < 4.78 is 0. The van der Waals surface area contributed by atoms with Gasteiger partial charge in [0.05, 0.1) is 0 Å². The number of allylic oxidation sites excluding steroid dienone is 4. The molecule has 0 unspecified atom stereocenters. The number of nitrogens with zero attached hydrogens (tertiary/aromatic N) is 1. The molecule has 0 spiro atoms. The molecule has 0 radical (unpaired) electrons. The van der Waals surface area contributed by atoms with Gasteiger partial charge in [0.2, 0.25) is 0 Å². The third kappa shape index (κ3) is 2.63. The Balaban J connectivity index is 1.99. The molecule has 16 heavy (non-hydrogen) atoms. The normalized spacial score (nSPS) is 21.8. The molecule has 0 bridgehead atoms. The molecule has 1 saturated heterocycles. The summed E-state index contributed by atoms with van der Waals surface area (Å²) in [6.07, 6.45) is 13.1. The summed E-state index contributed by atoms with van der Waals surface area (Å²) in [6, 6.07) is 0. The number of likely N-dealkylation sites (tertiary alicyclic amines) is 1. The summed E-state index contributed by atoms with van der Waals surface area (Å²) in [5.41, 5.74) is 0.847. The molecule has 0 aromatic heterocycles. The standard InChI is InChI=1S/C14H19NO/c1-12-8-10-15(11-9-12)14(16)13-6-4-2-3-5-7-13/h2-4,6-7,12H,5,8-11H2,1H3. The fourth-order valence-corrected chi connectivity index (χ4v) is 2.13. The van der Waals surface area contributed by atoms with E-state index in [1.165, 1.54) is 0 Å². The number of rotatable bonds is 1. The third-order valence-corrected chi connectivity index (χ3v) is 3.31. The average molecular weight is 217 g/mol. The summed E-state index contributed by atoms with van der Waals surface area (Å²) in [7, 11) is 0. The Morgan fingerprint density at radius 3 is 2.81 bits per heavy atom. The zero-order valence-electron chi connectivity index (χ0n) is 9.86. The molecule has 0 N–H and O–H groups in total. The van der Waals surface area contributed by atoms with Gasteiger partial charge in [-0.05, 0) is 31.3 Å². The molecule has 0 aromatic rings. The minimum atomic E-state index is 0.201. The van der Waals surface area contributed by atoms with Crippen molar-refractivity contribution in [3.8, 4) is 0 Å². The Morgan fingerprint density at radius 2 is 2.06 bits per heavy atom. The van der Waals surface area contributed by atoms with E-state index in [1.54, 1.807) is 0 Å². The van der Waals surface area contributed by atoms with Crippen molar-refractivity contribution in [2.75, 3.05) is 13.1 Å². The van der Waals surface area contributed by atoms with Crippen molar-refractivity contribution < 1.29 is 4.79 Å². The van der Waals surface area contributed by atoms with E-state index in [1.807, 2.05) is 29.2 Å². The predicted molar refractivity (Wildman–Crippen MR) is 66.0 cm³/mol. The first-order chi connectivity index (χ1) is 7.77. The Bertz CT molecular complexity index is 344. The molecule has 86 valence electrons. The van der Waals surface area contributed by atoms with Gasteiger partial charge >= 0.3 is 0 Å². The van der Waals surface area contributed by atoms with E-state index >= 15 is 0 Å². The Morgan fingerprint density at radius 1 is 1.31 bits per heavy atom. The summed E-state index contributed by atoms with van der Waals surface area (Å²) in [6.45, 7) is 4.09. The number of carbonyl (C=O) groups is 1. The maximum Gasteiger partial charge on any atom is 0.253 e. The van der Waals surface area contributed by atoms with E-state index in [9.17, 15) is 4.79 Å². The lowest BCUT2D eigenvalue weighted by atomic mass is 9.98. The average Bonchev–Trinajstić information content (AvgIpc) is 2.57. The van der Waals surface area contributed by atoms with Crippen LogP contribution in [-0.2, 0) is 4.79 Å². The molecule has 1 aliphatic heterocycles. The molecule has 0 aromatic carbocycles. The molecule has 2 heteroatoms. The van der Waals surface area contributed by atoms with Gasteiger partial charge < -0.3 is 4.90 Å². The van der Waals surface area contributed by atoms with E-state index in [0.717, 1.165) is 43.8 Å². The molecular weight excluding hydrogens is 198 g/mol. The molecule has 2 aliphatic rings. The van der Waals surface area contributed by atoms with Crippen LogP contribution in [0.2, 0.25) is 0 Å². The number of hydrogen-bond acceptors (Lipinski definition) is 1. The highest BCUT2D eigenvalue weighted by atomic mass is 16.2. The fourth-order valence-electron chi connectivity index (χ4n) is 2.13. The first kappa shape index (κ1) is 11.2. The molecule has 2 nitrogen and oxygen atoms in total. The number of amides is 1. The van der Waals surface area contributed by atoms with E-state index in [-0.39, 0.29) is 5.91 Å². The maximum atomic E-state index is 12.2. The number of carbonyl (C=O) groups excluding carboxylic acids is 1. The zero-order valence-corrected chi connectivity index (χ0v) is 9.86. The van der Waals surface area contributed by atoms with Crippen molar-refractivity contribution in [2.24, 2.45) is 5.92 Å². The van der Waals surface area contributed by atoms with Gasteiger partial charge in [0.25, 0.3) is 5.91 Å². The first-order valence-electron chi connectivity index (χ1n) is 6.10. The van der Waals surface area contributed by atoms with Gasteiger partial charge in [-0.2, -0.15) is 0 Å². The molecule has 0 atom stereocenters. The maximum absolute atomic E-state index is 12.2. The number of piperidine rings is 1. The zero-order chi connectivity index (χ0) is 11.4. The van der Waals surface area contributed by atoms with Gasteiger partial charge in [0, 0.05) is 18.7 Å². The van der Waals surface area contributed by atoms with Crippen molar-refractivity contribution in [2.45, 2.75) is 26.2 Å². The van der Waals surface area contributed by atoms with Gasteiger partial charge in [0.1, 0.15) is 0 Å². The Hall–Kier alpha value is -1.31. The highest BCUT2D eigenvalue weighted by Crippen LogP contribution is 2.18. The van der Waals surface area contributed by atoms with E-state index in [4.69, 9.17) is 0 Å². The van der Waals surface area contributed by atoms with Crippen LogP contribution >= 0.6 is 0 Å². The van der Waals surface area contributed by atoms with Crippen molar-refractivity contribution >= 4 is 5.91 Å². The second kappa shape index (κ2) is 5.15. The van der Waals surface area contributed by atoms with E-state index < -0.39 is 0 Å². The van der Waals surface area contributed by atoms with Crippen LogP contribution in [0.4, 0.5) is 0 Å². The topological polar surface area (TPSA) is 20.3 Å². The SMILES string of the molecule is CC1CCN(C(=O)C2=CCC=CC=C2)CC1. The highest BCUT2D eigenvalue weighted by Gasteiger charge is 2.21. The number of hydrogen-bond donors (Lipinski definition) is 0. The minimum absolute atomic E-state index is 0.201. The van der Waals surface area contributed by atoms with Crippen LogP contribution in [0.5, 0.6) is 0 Å². The molecule has 1 aliphatic carbocycles. The molecule has 1 amide bonds. The lowest BCUT2D eigenvalue weighted by molar-refractivity contribution is -0.128. The molecule has 1 heterocycles. The molecule has 0 saturated carbocycles. The van der Waals surface area contributed by atoms with Gasteiger partial charge in [-0.15, -0.1) is 0 Å². The Kier molecular flexibility index (Phi) is 3.60. The summed E-state index contributed by atoms with van der Waals surface area (Å²) in [4.78, 5) is 14.2. The molecule has 1 fully saturated rings. The van der Waals surface area contributed by atoms with E-state index in [0.29, 0.717) is 0 Å². The quantitative estimate of drug-likeness (QED) is 0.661. The van der Waals surface area contributed by atoms with Crippen LogP contribution in [0.25, 0.3) is 0 Å². The fraction of sp³-hybridized carbons (Fsp3) is 0.500. The predicted octanol–water partition coefficient (Wildman–Crippen LogP) is 2.69. The minimum Gasteiger partial charge on any atom is -0.339 e. The van der Waals surface area contributed by atoms with Crippen LogP contribution in [0, 0.1) is 5.92 Å². The van der Waals surface area contributed by atoms with E-state index in [2.05, 4.69) is 13.0 Å². The first-order valence-corrected chi connectivity index (χ1v) is 6.10. The largest absolute Gasteiger partial charge is 0.339 e. The lowest BCUT2D eigenvalue weighted by Gasteiger charge is -2.30. The van der Waals surface area contributed by atoms with Crippen molar-refractivity contribution in [3.05, 3.63) is 36.0 Å². The van der Waals surface area contributed by atoms with Crippen LogP contribution in [0.1, 0.15) is 26.2 Å². The van der Waals surface area contributed by atoms with Gasteiger partial charge in [-0.3, -0.25) is 4.79 Å². The third-order valence-electron chi connectivity index (χ3n) is 3.31. The smallest absolute Gasteiger partial charge is 0.253 e. The van der Waals surface area contributed by atoms with Crippen molar-refractivity contribution in [3.63, 3.8) is 0 Å². The molecular formula is C14H19NO. The van der Waals surface area contributed by atoms with Crippen LogP contribution < -0.4 is 0 Å². The van der Waals surface area contributed by atoms with Crippen molar-refractivity contribution in [1.82, 2.24) is 4.90 Å². The Labute approximate surface area is 97.3 Å². The van der Waals surface area contributed by atoms with Gasteiger partial charge in [-0.25, -0.2) is 0 Å². The second-order valence-electron chi connectivity index (χ2n) is 4.66. The summed E-state index contributed by atoms with van der Waals surface area (Å²) in [5.74, 6) is 0.969. The highest BCUT2D eigenvalue weighted by molar-refractivity contribution is 5.96. The van der Waals surface area contributed by atoms with Crippen LogP contribution in [-0.4, -0.2) is 23.9 Å². The summed E-state index contributed by atoms with van der Waals surface area (Å²) in [5, 5.41) is 0. The van der Waals surface area contributed by atoms with Crippen LogP contribution in [0.3, 0.4) is 0 Å². The lowest BCUT2D eigenvalue weighted by Crippen LogP contribution is -2.38. The summed E-state index contributed by atoms with van der Waals surface area (Å²) >= 11 is 0. The second-order valence-corrected chi connectivity index (χ2v) is 4.66.